The predicted molar refractivity (Wildman–Crippen MR) is 112 cm³/mol. The van der Waals surface area contributed by atoms with Crippen molar-refractivity contribution in [3.63, 3.8) is 0 Å². The van der Waals surface area contributed by atoms with Crippen LogP contribution in [0.3, 0.4) is 0 Å². The molecule has 1 aromatic heterocycles. The molecule has 2 aromatic rings. The van der Waals surface area contributed by atoms with Crippen LogP contribution in [0.25, 0.3) is 0 Å². The van der Waals surface area contributed by atoms with E-state index in [0.717, 1.165) is 32.5 Å². The molecule has 0 bridgehead atoms. The summed E-state index contributed by atoms with van der Waals surface area (Å²) in [7, 11) is 0. The summed E-state index contributed by atoms with van der Waals surface area (Å²) in [6, 6.07) is 10.5. The van der Waals surface area contributed by atoms with Crippen molar-refractivity contribution in [3.05, 3.63) is 54.0 Å². The van der Waals surface area contributed by atoms with E-state index in [1.54, 1.807) is 0 Å². The van der Waals surface area contributed by atoms with Gasteiger partial charge in [-0.1, -0.05) is 51.1 Å². The number of hydrogen-bond donors (Lipinski definition) is 2. The molecule has 0 spiro atoms. The SMILES string of the molecule is CC(C)(C)C(=O)Nc1nccnc1C(=O)NC1CCN(Cc2ccccc2)CC1. The Labute approximate surface area is 171 Å². The molecule has 0 unspecified atom stereocenters. The quantitative estimate of drug-likeness (QED) is 0.813. The van der Waals surface area contributed by atoms with Crippen LogP contribution in [0, 0.1) is 5.41 Å². The number of carbonyl (C=O) groups excluding carboxylic acids is 2. The molecular formula is C22H29N5O2. The third-order valence-electron chi connectivity index (χ3n) is 5.00. The normalized spacial score (nSPS) is 15.7. The number of benzene rings is 1. The van der Waals surface area contributed by atoms with Crippen molar-refractivity contribution in [2.24, 2.45) is 5.41 Å². The molecule has 154 valence electrons. The van der Waals surface area contributed by atoms with Gasteiger partial charge < -0.3 is 10.6 Å². The Hall–Kier alpha value is -2.80. The molecule has 0 atom stereocenters. The highest BCUT2D eigenvalue weighted by atomic mass is 16.2. The zero-order valence-corrected chi connectivity index (χ0v) is 17.3. The van der Waals surface area contributed by atoms with Crippen LogP contribution >= 0.6 is 0 Å². The number of piperidine rings is 1. The highest BCUT2D eigenvalue weighted by molar-refractivity contribution is 6.02. The Morgan fingerprint density at radius 1 is 1.07 bits per heavy atom. The Bertz CT molecular complexity index is 840. The highest BCUT2D eigenvalue weighted by Crippen LogP contribution is 2.19. The number of nitrogens with zero attached hydrogens (tertiary/aromatic N) is 3. The van der Waals surface area contributed by atoms with Gasteiger partial charge in [-0.3, -0.25) is 14.5 Å². The van der Waals surface area contributed by atoms with E-state index in [4.69, 9.17) is 0 Å². The largest absolute Gasteiger partial charge is 0.348 e. The number of amides is 2. The van der Waals surface area contributed by atoms with Crippen molar-refractivity contribution >= 4 is 17.6 Å². The Morgan fingerprint density at radius 2 is 1.72 bits per heavy atom. The number of rotatable bonds is 5. The van der Waals surface area contributed by atoms with Crippen LogP contribution in [0.1, 0.15) is 49.7 Å². The Kier molecular flexibility index (Phi) is 6.59. The van der Waals surface area contributed by atoms with Crippen LogP contribution in [-0.4, -0.2) is 45.8 Å². The van der Waals surface area contributed by atoms with Crippen molar-refractivity contribution in [1.82, 2.24) is 20.2 Å². The lowest BCUT2D eigenvalue weighted by molar-refractivity contribution is -0.123. The summed E-state index contributed by atoms with van der Waals surface area (Å²) >= 11 is 0. The minimum Gasteiger partial charge on any atom is -0.348 e. The molecular weight excluding hydrogens is 366 g/mol. The molecule has 1 saturated heterocycles. The molecule has 2 amide bonds. The smallest absolute Gasteiger partial charge is 0.273 e. The molecule has 0 aliphatic carbocycles. The summed E-state index contributed by atoms with van der Waals surface area (Å²) in [4.78, 5) is 35.7. The molecule has 7 nitrogen and oxygen atoms in total. The third kappa shape index (κ3) is 5.84. The summed E-state index contributed by atoms with van der Waals surface area (Å²) in [5.74, 6) is -0.309. The monoisotopic (exact) mass is 395 g/mol. The first-order chi connectivity index (χ1) is 13.8. The van der Waals surface area contributed by atoms with E-state index in [1.807, 2.05) is 26.8 Å². The number of likely N-dealkylation sites (tertiary alicyclic amines) is 1. The minimum absolute atomic E-state index is 0.0858. The van der Waals surface area contributed by atoms with Crippen molar-refractivity contribution in [2.45, 2.75) is 46.2 Å². The zero-order chi connectivity index (χ0) is 20.9. The molecule has 29 heavy (non-hydrogen) atoms. The number of nitrogens with one attached hydrogen (secondary N) is 2. The lowest BCUT2D eigenvalue weighted by Gasteiger charge is -2.32. The van der Waals surface area contributed by atoms with Crippen molar-refractivity contribution in [2.75, 3.05) is 18.4 Å². The maximum atomic E-state index is 12.8. The molecule has 2 heterocycles. The van der Waals surface area contributed by atoms with Gasteiger partial charge in [-0.2, -0.15) is 0 Å². The van der Waals surface area contributed by atoms with E-state index >= 15 is 0 Å². The van der Waals surface area contributed by atoms with Gasteiger partial charge in [0.2, 0.25) is 5.91 Å². The fourth-order valence-corrected chi connectivity index (χ4v) is 3.22. The number of carbonyl (C=O) groups is 2. The molecule has 1 aliphatic heterocycles. The number of anilines is 1. The predicted octanol–water partition coefficient (Wildman–Crippen LogP) is 2.86. The molecule has 3 rings (SSSR count). The van der Waals surface area contributed by atoms with Gasteiger partial charge in [-0.25, -0.2) is 9.97 Å². The zero-order valence-electron chi connectivity index (χ0n) is 17.3. The molecule has 7 heteroatoms. The standard InChI is InChI=1S/C22H29N5O2/c1-22(2,3)21(29)26-19-18(23-11-12-24-19)20(28)25-17-9-13-27(14-10-17)15-16-7-5-4-6-8-16/h4-8,11-12,17H,9-10,13-15H2,1-3H3,(H,25,28)(H,24,26,29). The lowest BCUT2D eigenvalue weighted by Crippen LogP contribution is -2.44. The first kappa shape index (κ1) is 20.9. The number of aromatic nitrogens is 2. The average Bonchev–Trinajstić information content (AvgIpc) is 2.70. The van der Waals surface area contributed by atoms with Gasteiger partial charge in [-0.15, -0.1) is 0 Å². The van der Waals surface area contributed by atoms with Gasteiger partial charge in [0.15, 0.2) is 11.5 Å². The van der Waals surface area contributed by atoms with Gasteiger partial charge in [0.1, 0.15) is 0 Å². The third-order valence-corrected chi connectivity index (χ3v) is 5.00. The first-order valence-electron chi connectivity index (χ1n) is 10.0. The van der Waals surface area contributed by atoms with Gasteiger partial charge in [0.05, 0.1) is 0 Å². The second kappa shape index (κ2) is 9.13. The average molecular weight is 396 g/mol. The molecule has 1 fully saturated rings. The molecule has 0 saturated carbocycles. The lowest BCUT2D eigenvalue weighted by atomic mass is 9.96. The maximum absolute atomic E-state index is 12.8. The van der Waals surface area contributed by atoms with Gasteiger partial charge in [0.25, 0.3) is 5.91 Å². The van der Waals surface area contributed by atoms with E-state index in [1.165, 1.54) is 18.0 Å². The molecule has 2 N–H and O–H groups in total. The highest BCUT2D eigenvalue weighted by Gasteiger charge is 2.26. The van der Waals surface area contributed by atoms with Crippen molar-refractivity contribution in [1.29, 1.82) is 0 Å². The summed E-state index contributed by atoms with van der Waals surface area (Å²) in [5, 5.41) is 5.77. The Morgan fingerprint density at radius 3 is 2.38 bits per heavy atom. The summed E-state index contributed by atoms with van der Waals surface area (Å²) in [6.45, 7) is 8.20. The fourth-order valence-electron chi connectivity index (χ4n) is 3.22. The van der Waals surface area contributed by atoms with Crippen LogP contribution in [0.4, 0.5) is 5.82 Å². The van der Waals surface area contributed by atoms with Crippen molar-refractivity contribution < 1.29 is 9.59 Å². The van der Waals surface area contributed by atoms with Crippen LogP contribution < -0.4 is 10.6 Å². The molecule has 1 aliphatic rings. The van der Waals surface area contributed by atoms with E-state index in [-0.39, 0.29) is 29.4 Å². The van der Waals surface area contributed by atoms with E-state index in [0.29, 0.717) is 0 Å². The van der Waals surface area contributed by atoms with Crippen LogP contribution in [0.2, 0.25) is 0 Å². The van der Waals surface area contributed by atoms with E-state index in [2.05, 4.69) is 49.8 Å². The summed E-state index contributed by atoms with van der Waals surface area (Å²) < 4.78 is 0. The Balaban J connectivity index is 1.56. The molecule has 1 aromatic carbocycles. The second-order valence-electron chi connectivity index (χ2n) is 8.47. The van der Waals surface area contributed by atoms with Crippen LogP contribution in [0.15, 0.2) is 42.7 Å². The van der Waals surface area contributed by atoms with Gasteiger partial charge >= 0.3 is 0 Å². The van der Waals surface area contributed by atoms with Crippen LogP contribution in [0.5, 0.6) is 0 Å². The second-order valence-corrected chi connectivity index (χ2v) is 8.47. The summed E-state index contributed by atoms with van der Waals surface area (Å²) in [6.07, 6.45) is 4.69. The van der Waals surface area contributed by atoms with Crippen molar-refractivity contribution in [3.8, 4) is 0 Å². The topological polar surface area (TPSA) is 87.2 Å². The summed E-state index contributed by atoms with van der Waals surface area (Å²) in [5.41, 5.74) is 0.863. The van der Waals surface area contributed by atoms with Gasteiger partial charge in [0, 0.05) is 43.5 Å². The maximum Gasteiger partial charge on any atom is 0.273 e. The van der Waals surface area contributed by atoms with E-state index < -0.39 is 5.41 Å². The van der Waals surface area contributed by atoms with Crippen LogP contribution in [-0.2, 0) is 11.3 Å². The fraction of sp³-hybridized carbons (Fsp3) is 0.455. The van der Waals surface area contributed by atoms with Gasteiger partial charge in [-0.05, 0) is 18.4 Å². The molecule has 0 radical (unpaired) electrons. The van der Waals surface area contributed by atoms with E-state index in [9.17, 15) is 9.59 Å². The number of hydrogen-bond acceptors (Lipinski definition) is 5. The minimum atomic E-state index is -0.586. The first-order valence-corrected chi connectivity index (χ1v) is 10.0.